The van der Waals surface area contributed by atoms with Gasteiger partial charge in [0.05, 0.1) is 5.92 Å². The van der Waals surface area contributed by atoms with Gasteiger partial charge in [0.2, 0.25) is 0 Å². The molecule has 0 amide bonds. The second-order valence-electron chi connectivity index (χ2n) is 3.34. The summed E-state index contributed by atoms with van der Waals surface area (Å²) < 4.78 is 5.14. The van der Waals surface area contributed by atoms with Gasteiger partial charge >= 0.3 is 5.97 Å². The fraction of sp³-hybridized carbons (Fsp3) is 0.889. The van der Waals surface area contributed by atoms with Gasteiger partial charge in [0.25, 0.3) is 0 Å². The summed E-state index contributed by atoms with van der Waals surface area (Å²) in [7, 11) is 0. The molecule has 0 spiro atoms. The summed E-state index contributed by atoms with van der Waals surface area (Å²) in [5.41, 5.74) is 0. The SMILES string of the molecule is CCCC[C@H]1C[C@H](C)C(=O)O1. The predicted octanol–water partition coefficient (Wildman–Crippen LogP) is 2.13. The molecule has 2 atom stereocenters. The smallest absolute Gasteiger partial charge is 0.309 e. The fourth-order valence-corrected chi connectivity index (χ4v) is 1.43. The molecule has 1 fully saturated rings. The third-order valence-corrected chi connectivity index (χ3v) is 2.18. The van der Waals surface area contributed by atoms with Crippen LogP contribution in [0.5, 0.6) is 0 Å². The standard InChI is InChI=1S/C9H16O2/c1-3-4-5-8-6-7(2)9(10)11-8/h7-8H,3-6H2,1-2H3/t7-,8-/m0/s1. The van der Waals surface area contributed by atoms with Crippen molar-refractivity contribution in [3.63, 3.8) is 0 Å². The van der Waals surface area contributed by atoms with Crippen LogP contribution in [-0.4, -0.2) is 12.1 Å². The zero-order valence-corrected chi connectivity index (χ0v) is 7.30. The molecular formula is C9H16O2. The lowest BCUT2D eigenvalue weighted by Gasteiger charge is -2.06. The number of esters is 1. The summed E-state index contributed by atoms with van der Waals surface area (Å²) in [6.07, 6.45) is 4.55. The van der Waals surface area contributed by atoms with Gasteiger partial charge in [-0.1, -0.05) is 26.7 Å². The molecule has 0 radical (unpaired) electrons. The quantitative estimate of drug-likeness (QED) is 0.585. The summed E-state index contributed by atoms with van der Waals surface area (Å²) in [5, 5.41) is 0. The minimum Gasteiger partial charge on any atom is -0.462 e. The minimum atomic E-state index is -0.00824. The highest BCUT2D eigenvalue weighted by Gasteiger charge is 2.29. The van der Waals surface area contributed by atoms with E-state index in [2.05, 4.69) is 6.92 Å². The monoisotopic (exact) mass is 156 g/mol. The first-order chi connectivity index (χ1) is 5.24. The summed E-state index contributed by atoms with van der Waals surface area (Å²) >= 11 is 0. The molecule has 11 heavy (non-hydrogen) atoms. The van der Waals surface area contributed by atoms with Gasteiger partial charge in [-0.05, 0) is 12.8 Å². The number of hydrogen-bond donors (Lipinski definition) is 0. The first-order valence-electron chi connectivity index (χ1n) is 4.44. The van der Waals surface area contributed by atoms with E-state index in [1.165, 1.54) is 12.8 Å². The van der Waals surface area contributed by atoms with Gasteiger partial charge in [-0.25, -0.2) is 0 Å². The van der Waals surface area contributed by atoms with Gasteiger partial charge in [0.1, 0.15) is 6.10 Å². The third-order valence-electron chi connectivity index (χ3n) is 2.18. The van der Waals surface area contributed by atoms with Crippen molar-refractivity contribution < 1.29 is 9.53 Å². The minimum absolute atomic E-state index is 0.00824. The maximum Gasteiger partial charge on any atom is 0.309 e. The van der Waals surface area contributed by atoms with Crippen LogP contribution in [0, 0.1) is 5.92 Å². The Hall–Kier alpha value is -0.530. The first kappa shape index (κ1) is 8.57. The van der Waals surface area contributed by atoms with Crippen molar-refractivity contribution in [2.75, 3.05) is 0 Å². The van der Waals surface area contributed by atoms with Crippen molar-refractivity contribution in [2.24, 2.45) is 5.92 Å². The molecule has 0 aromatic carbocycles. The summed E-state index contributed by atoms with van der Waals surface area (Å²) in [6, 6.07) is 0. The van der Waals surface area contributed by atoms with Gasteiger partial charge < -0.3 is 4.74 Å². The topological polar surface area (TPSA) is 26.3 Å². The molecule has 0 saturated carbocycles. The molecule has 2 heteroatoms. The Kier molecular flexibility index (Phi) is 2.92. The number of ether oxygens (including phenoxy) is 1. The van der Waals surface area contributed by atoms with Crippen LogP contribution >= 0.6 is 0 Å². The second kappa shape index (κ2) is 3.74. The third kappa shape index (κ3) is 2.21. The van der Waals surface area contributed by atoms with Gasteiger partial charge in [-0.15, -0.1) is 0 Å². The Morgan fingerprint density at radius 3 is 2.82 bits per heavy atom. The van der Waals surface area contributed by atoms with E-state index in [-0.39, 0.29) is 18.0 Å². The Morgan fingerprint density at radius 2 is 2.36 bits per heavy atom. The Bertz CT molecular complexity index is 142. The molecule has 1 saturated heterocycles. The van der Waals surface area contributed by atoms with E-state index in [0.717, 1.165) is 12.8 Å². The lowest BCUT2D eigenvalue weighted by Crippen LogP contribution is -2.05. The highest BCUT2D eigenvalue weighted by Crippen LogP contribution is 2.23. The second-order valence-corrected chi connectivity index (χ2v) is 3.34. The summed E-state index contributed by atoms with van der Waals surface area (Å²) in [4.78, 5) is 10.9. The predicted molar refractivity (Wildman–Crippen MR) is 43.2 cm³/mol. The van der Waals surface area contributed by atoms with Crippen LogP contribution in [0.2, 0.25) is 0 Å². The molecule has 0 bridgehead atoms. The summed E-state index contributed by atoms with van der Waals surface area (Å²) in [6.45, 7) is 4.09. The molecule has 1 aliphatic rings. The average molecular weight is 156 g/mol. The molecule has 1 heterocycles. The van der Waals surface area contributed by atoms with Crippen LogP contribution in [0.1, 0.15) is 39.5 Å². The van der Waals surface area contributed by atoms with E-state index in [0.29, 0.717) is 0 Å². The van der Waals surface area contributed by atoms with Crippen molar-refractivity contribution in [3.05, 3.63) is 0 Å². The number of rotatable bonds is 3. The van der Waals surface area contributed by atoms with Crippen molar-refractivity contribution in [3.8, 4) is 0 Å². The molecule has 0 unspecified atom stereocenters. The average Bonchev–Trinajstić information content (AvgIpc) is 2.28. The molecule has 0 aromatic heterocycles. The summed E-state index contributed by atoms with van der Waals surface area (Å²) in [5.74, 6) is 0.128. The molecule has 0 aromatic rings. The maximum atomic E-state index is 10.9. The van der Waals surface area contributed by atoms with E-state index in [1.54, 1.807) is 0 Å². The number of hydrogen-bond acceptors (Lipinski definition) is 2. The van der Waals surface area contributed by atoms with Crippen molar-refractivity contribution in [1.82, 2.24) is 0 Å². The van der Waals surface area contributed by atoms with Gasteiger partial charge in [-0.2, -0.15) is 0 Å². The van der Waals surface area contributed by atoms with Gasteiger partial charge in [0.15, 0.2) is 0 Å². The van der Waals surface area contributed by atoms with Crippen molar-refractivity contribution in [2.45, 2.75) is 45.6 Å². The Morgan fingerprint density at radius 1 is 1.64 bits per heavy atom. The van der Waals surface area contributed by atoms with Crippen LogP contribution in [0.3, 0.4) is 0 Å². The van der Waals surface area contributed by atoms with Crippen molar-refractivity contribution in [1.29, 1.82) is 0 Å². The van der Waals surface area contributed by atoms with Crippen LogP contribution in [0.4, 0.5) is 0 Å². The molecule has 0 aliphatic carbocycles. The van der Waals surface area contributed by atoms with E-state index in [1.807, 2.05) is 6.92 Å². The number of carbonyl (C=O) groups is 1. The molecule has 0 N–H and O–H groups in total. The lowest BCUT2D eigenvalue weighted by molar-refractivity contribution is -0.144. The highest BCUT2D eigenvalue weighted by atomic mass is 16.5. The number of carbonyl (C=O) groups excluding carboxylic acids is 1. The number of cyclic esters (lactones) is 1. The van der Waals surface area contributed by atoms with Gasteiger partial charge in [0, 0.05) is 0 Å². The molecule has 64 valence electrons. The van der Waals surface area contributed by atoms with E-state index in [4.69, 9.17) is 4.74 Å². The largest absolute Gasteiger partial charge is 0.462 e. The Labute approximate surface area is 67.9 Å². The molecule has 1 rings (SSSR count). The molecular weight excluding hydrogens is 140 g/mol. The molecule has 2 nitrogen and oxygen atoms in total. The van der Waals surface area contributed by atoms with Crippen molar-refractivity contribution >= 4 is 5.97 Å². The van der Waals surface area contributed by atoms with Crippen LogP contribution in [0.25, 0.3) is 0 Å². The van der Waals surface area contributed by atoms with E-state index >= 15 is 0 Å². The van der Waals surface area contributed by atoms with E-state index in [9.17, 15) is 4.79 Å². The lowest BCUT2D eigenvalue weighted by atomic mass is 10.0. The van der Waals surface area contributed by atoms with Crippen LogP contribution < -0.4 is 0 Å². The van der Waals surface area contributed by atoms with Gasteiger partial charge in [-0.3, -0.25) is 4.79 Å². The first-order valence-corrected chi connectivity index (χ1v) is 4.44. The number of unbranched alkanes of at least 4 members (excludes halogenated alkanes) is 1. The normalized spacial score (nSPS) is 30.5. The van der Waals surface area contributed by atoms with Crippen LogP contribution in [-0.2, 0) is 9.53 Å². The van der Waals surface area contributed by atoms with E-state index < -0.39 is 0 Å². The zero-order chi connectivity index (χ0) is 8.27. The maximum absolute atomic E-state index is 10.9. The zero-order valence-electron chi connectivity index (χ0n) is 7.30. The van der Waals surface area contributed by atoms with Crippen LogP contribution in [0.15, 0.2) is 0 Å². The fourth-order valence-electron chi connectivity index (χ4n) is 1.43. The Balaban J connectivity index is 2.24. The highest BCUT2D eigenvalue weighted by molar-refractivity contribution is 5.74. The molecule has 1 aliphatic heterocycles.